The van der Waals surface area contributed by atoms with Crippen molar-refractivity contribution in [3.63, 3.8) is 0 Å². The third-order valence-corrected chi connectivity index (χ3v) is 3.00. The normalized spacial score (nSPS) is 11.6. The summed E-state index contributed by atoms with van der Waals surface area (Å²) in [5, 5.41) is 0.463. The molecule has 0 aliphatic carbocycles. The van der Waals surface area contributed by atoms with Crippen LogP contribution in [0.1, 0.15) is 20.8 Å². The SMILES string of the molecule is CC(C)(C)OC(=O)Cn1cnc2ccc(Br)cc2c1=O. The van der Waals surface area contributed by atoms with Crippen molar-refractivity contribution < 1.29 is 9.53 Å². The second-order valence-electron chi connectivity index (χ2n) is 5.43. The van der Waals surface area contributed by atoms with Crippen molar-refractivity contribution in [1.82, 2.24) is 9.55 Å². The molecule has 5 nitrogen and oxygen atoms in total. The molecule has 0 radical (unpaired) electrons. The number of halogens is 1. The van der Waals surface area contributed by atoms with Crippen LogP contribution in [-0.4, -0.2) is 21.1 Å². The van der Waals surface area contributed by atoms with E-state index in [0.717, 1.165) is 4.47 Å². The molecule has 0 amide bonds. The van der Waals surface area contributed by atoms with Crippen LogP contribution in [0.25, 0.3) is 10.9 Å². The van der Waals surface area contributed by atoms with Crippen LogP contribution in [-0.2, 0) is 16.1 Å². The first-order chi connectivity index (χ1) is 9.26. The van der Waals surface area contributed by atoms with E-state index in [0.29, 0.717) is 10.9 Å². The molecule has 106 valence electrons. The number of rotatable bonds is 2. The number of fused-ring (bicyclic) bond motifs is 1. The quantitative estimate of drug-likeness (QED) is 0.789. The van der Waals surface area contributed by atoms with Gasteiger partial charge >= 0.3 is 5.97 Å². The molecule has 0 saturated carbocycles. The summed E-state index contributed by atoms with van der Waals surface area (Å²) in [4.78, 5) is 28.2. The van der Waals surface area contributed by atoms with Crippen molar-refractivity contribution in [3.05, 3.63) is 39.4 Å². The van der Waals surface area contributed by atoms with Gasteiger partial charge in [0.15, 0.2) is 0 Å². The first-order valence-electron chi connectivity index (χ1n) is 6.13. The molecule has 0 fully saturated rings. The molecule has 0 N–H and O–H groups in total. The molecule has 0 saturated heterocycles. The molecule has 0 aliphatic rings. The molecule has 1 aromatic heterocycles. The fourth-order valence-electron chi connectivity index (χ4n) is 1.76. The van der Waals surface area contributed by atoms with Crippen molar-refractivity contribution in [1.29, 1.82) is 0 Å². The van der Waals surface area contributed by atoms with Gasteiger partial charge in [0.1, 0.15) is 12.1 Å². The minimum atomic E-state index is -0.575. The van der Waals surface area contributed by atoms with Crippen molar-refractivity contribution in [2.24, 2.45) is 0 Å². The van der Waals surface area contributed by atoms with Gasteiger partial charge in [0.05, 0.1) is 17.2 Å². The van der Waals surface area contributed by atoms with E-state index < -0.39 is 11.6 Å². The summed E-state index contributed by atoms with van der Waals surface area (Å²) in [6.07, 6.45) is 1.36. The van der Waals surface area contributed by atoms with Gasteiger partial charge in [-0.25, -0.2) is 4.98 Å². The third kappa shape index (κ3) is 3.45. The number of aromatic nitrogens is 2. The zero-order valence-corrected chi connectivity index (χ0v) is 13.1. The lowest BCUT2D eigenvalue weighted by Gasteiger charge is -2.19. The maximum atomic E-state index is 12.3. The van der Waals surface area contributed by atoms with Gasteiger partial charge in [0.25, 0.3) is 5.56 Å². The second kappa shape index (κ2) is 5.36. The van der Waals surface area contributed by atoms with Gasteiger partial charge in [-0.15, -0.1) is 0 Å². The average molecular weight is 339 g/mol. The van der Waals surface area contributed by atoms with Gasteiger partial charge in [0.2, 0.25) is 0 Å². The lowest BCUT2D eigenvalue weighted by molar-refractivity contribution is -0.155. The summed E-state index contributed by atoms with van der Waals surface area (Å²) in [6, 6.07) is 5.25. The third-order valence-electron chi connectivity index (χ3n) is 2.51. The molecule has 6 heteroatoms. The topological polar surface area (TPSA) is 61.2 Å². The van der Waals surface area contributed by atoms with Crippen LogP contribution in [0.2, 0.25) is 0 Å². The Morgan fingerprint density at radius 2 is 2.10 bits per heavy atom. The van der Waals surface area contributed by atoms with Crippen LogP contribution in [0.15, 0.2) is 33.8 Å². The molecule has 0 unspecified atom stereocenters. The standard InChI is InChI=1S/C14H15BrN2O3/c1-14(2,3)20-12(18)7-17-8-16-11-5-4-9(15)6-10(11)13(17)19/h4-6,8H,7H2,1-3H3. The van der Waals surface area contributed by atoms with Crippen molar-refractivity contribution in [3.8, 4) is 0 Å². The molecule has 20 heavy (non-hydrogen) atoms. The van der Waals surface area contributed by atoms with Crippen LogP contribution >= 0.6 is 15.9 Å². The Hall–Kier alpha value is -1.69. The van der Waals surface area contributed by atoms with Crippen LogP contribution in [0.3, 0.4) is 0 Å². The van der Waals surface area contributed by atoms with Gasteiger partial charge in [0, 0.05) is 4.47 Å². The highest BCUT2D eigenvalue weighted by Gasteiger charge is 2.17. The summed E-state index contributed by atoms with van der Waals surface area (Å²) in [7, 11) is 0. The Morgan fingerprint density at radius 1 is 1.40 bits per heavy atom. The number of benzene rings is 1. The largest absolute Gasteiger partial charge is 0.459 e. The van der Waals surface area contributed by atoms with Gasteiger partial charge in [-0.05, 0) is 39.0 Å². The molecule has 0 aliphatic heterocycles. The summed E-state index contributed by atoms with van der Waals surface area (Å²) >= 11 is 3.31. The molecule has 2 aromatic rings. The zero-order valence-electron chi connectivity index (χ0n) is 11.5. The first kappa shape index (κ1) is 14.7. The maximum absolute atomic E-state index is 12.3. The zero-order chi connectivity index (χ0) is 14.9. The van der Waals surface area contributed by atoms with Crippen molar-refractivity contribution in [2.75, 3.05) is 0 Å². The van der Waals surface area contributed by atoms with Crippen LogP contribution in [0.5, 0.6) is 0 Å². The minimum absolute atomic E-state index is 0.147. The van der Waals surface area contributed by atoms with E-state index in [1.165, 1.54) is 10.9 Å². The molecule has 0 atom stereocenters. The summed E-state index contributed by atoms with van der Waals surface area (Å²) in [6.45, 7) is 5.20. The Bertz CT molecular complexity index is 716. The highest BCUT2D eigenvalue weighted by atomic mass is 79.9. The van der Waals surface area contributed by atoms with E-state index in [1.807, 2.05) is 6.07 Å². The number of carbonyl (C=O) groups is 1. The van der Waals surface area contributed by atoms with E-state index in [2.05, 4.69) is 20.9 Å². The molecule has 2 rings (SSSR count). The van der Waals surface area contributed by atoms with Crippen LogP contribution in [0.4, 0.5) is 0 Å². The molecule has 1 aromatic carbocycles. The van der Waals surface area contributed by atoms with E-state index in [-0.39, 0.29) is 12.1 Å². The molecular formula is C14H15BrN2O3. The van der Waals surface area contributed by atoms with Gasteiger partial charge in [-0.1, -0.05) is 15.9 Å². The smallest absolute Gasteiger partial charge is 0.326 e. The van der Waals surface area contributed by atoms with Crippen LogP contribution in [0, 0.1) is 0 Å². The summed E-state index contributed by atoms with van der Waals surface area (Å²) in [5.41, 5.74) is -0.241. The monoisotopic (exact) mass is 338 g/mol. The average Bonchev–Trinajstić information content (AvgIpc) is 2.31. The number of nitrogens with zero attached hydrogens (tertiary/aromatic N) is 2. The highest BCUT2D eigenvalue weighted by Crippen LogP contribution is 2.15. The number of esters is 1. The predicted octanol–water partition coefficient (Wildman–Crippen LogP) is 2.50. The Morgan fingerprint density at radius 3 is 2.75 bits per heavy atom. The second-order valence-corrected chi connectivity index (χ2v) is 6.34. The minimum Gasteiger partial charge on any atom is -0.459 e. The summed E-state index contributed by atoms with van der Waals surface area (Å²) in [5.74, 6) is -0.462. The lowest BCUT2D eigenvalue weighted by atomic mass is 10.2. The summed E-state index contributed by atoms with van der Waals surface area (Å²) < 4.78 is 7.24. The maximum Gasteiger partial charge on any atom is 0.326 e. The Kier molecular flexibility index (Phi) is 3.94. The van der Waals surface area contributed by atoms with E-state index >= 15 is 0 Å². The number of hydrogen-bond acceptors (Lipinski definition) is 4. The Labute approximate surface area is 124 Å². The molecule has 0 spiro atoms. The molecule has 1 heterocycles. The molecule has 0 bridgehead atoms. The lowest BCUT2D eigenvalue weighted by Crippen LogP contribution is -2.30. The fraction of sp³-hybridized carbons (Fsp3) is 0.357. The first-order valence-corrected chi connectivity index (χ1v) is 6.92. The molecular weight excluding hydrogens is 324 g/mol. The van der Waals surface area contributed by atoms with E-state index in [1.54, 1.807) is 32.9 Å². The van der Waals surface area contributed by atoms with E-state index in [4.69, 9.17) is 4.74 Å². The Balaban J connectivity index is 2.34. The van der Waals surface area contributed by atoms with Gasteiger partial charge < -0.3 is 4.74 Å². The number of hydrogen-bond donors (Lipinski definition) is 0. The van der Waals surface area contributed by atoms with Crippen molar-refractivity contribution in [2.45, 2.75) is 32.9 Å². The highest BCUT2D eigenvalue weighted by molar-refractivity contribution is 9.10. The number of carbonyl (C=O) groups excluding carboxylic acids is 1. The van der Waals surface area contributed by atoms with Crippen LogP contribution < -0.4 is 5.56 Å². The van der Waals surface area contributed by atoms with Gasteiger partial charge in [-0.2, -0.15) is 0 Å². The predicted molar refractivity (Wildman–Crippen MR) is 79.5 cm³/mol. The van der Waals surface area contributed by atoms with Gasteiger partial charge in [-0.3, -0.25) is 14.2 Å². The fourth-order valence-corrected chi connectivity index (χ4v) is 2.12. The van der Waals surface area contributed by atoms with E-state index in [9.17, 15) is 9.59 Å². The van der Waals surface area contributed by atoms with Crippen molar-refractivity contribution >= 4 is 32.8 Å². The number of ether oxygens (including phenoxy) is 1.